The molecule has 13 aromatic rings. The Hall–Kier alpha value is -8.40. The molecule has 0 fully saturated rings. The minimum absolute atomic E-state index is 0.535. The number of nitrogens with zero attached hydrogens (tertiary/aromatic N) is 3. The first-order valence-corrected chi connectivity index (χ1v) is 22.3. The Morgan fingerprint density at radius 1 is 0.219 bits per heavy atom. The van der Waals surface area contributed by atoms with Crippen molar-refractivity contribution in [2.75, 3.05) is 0 Å². The first-order chi connectivity index (χ1) is 31.8. The van der Waals surface area contributed by atoms with Crippen molar-refractivity contribution in [3.8, 4) is 39.3 Å². The summed E-state index contributed by atoms with van der Waals surface area (Å²) < 4.78 is 7.39. The summed E-state index contributed by atoms with van der Waals surface area (Å²) in [5.74, 6) is 0. The maximum atomic E-state index is 2.56. The van der Waals surface area contributed by atoms with Crippen molar-refractivity contribution >= 4 is 65.4 Å². The van der Waals surface area contributed by atoms with Crippen molar-refractivity contribution < 1.29 is 0 Å². The third-order valence-electron chi connectivity index (χ3n) is 14.6. The fourth-order valence-corrected chi connectivity index (χ4v) is 12.1. The summed E-state index contributed by atoms with van der Waals surface area (Å²) in [6.45, 7) is 0. The maximum Gasteiger partial charge on any atom is 0.0727 e. The molecule has 1 atom stereocenters. The highest BCUT2D eigenvalue weighted by molar-refractivity contribution is 6.16. The lowest BCUT2D eigenvalue weighted by atomic mass is 9.70. The van der Waals surface area contributed by atoms with Crippen LogP contribution in [0.3, 0.4) is 0 Å². The van der Waals surface area contributed by atoms with Crippen molar-refractivity contribution in [3.63, 3.8) is 0 Å². The van der Waals surface area contributed by atoms with E-state index < -0.39 is 5.41 Å². The monoisotopic (exact) mass is 811 g/mol. The van der Waals surface area contributed by atoms with Crippen LogP contribution in [0.1, 0.15) is 22.3 Å². The Labute approximate surface area is 368 Å². The average Bonchev–Trinajstić information content (AvgIpc) is 4.12. The molecule has 1 spiro atoms. The molecule has 296 valence electrons. The summed E-state index contributed by atoms with van der Waals surface area (Å²) in [5.41, 5.74) is 20.8. The van der Waals surface area contributed by atoms with Crippen LogP contribution >= 0.6 is 0 Å². The normalized spacial score (nSPS) is 14.9. The molecule has 2 aliphatic rings. The highest BCUT2D eigenvalue weighted by atomic mass is 15.0. The molecule has 0 bridgehead atoms. The number of hydrogen-bond acceptors (Lipinski definition) is 0. The van der Waals surface area contributed by atoms with Gasteiger partial charge in [-0.25, -0.2) is 0 Å². The third kappa shape index (κ3) is 4.21. The van der Waals surface area contributed by atoms with Crippen LogP contribution in [0.4, 0.5) is 0 Å². The van der Waals surface area contributed by atoms with E-state index in [1.165, 1.54) is 116 Å². The van der Waals surface area contributed by atoms with E-state index >= 15 is 0 Å². The van der Waals surface area contributed by atoms with E-state index in [1.54, 1.807) is 0 Å². The van der Waals surface area contributed by atoms with Gasteiger partial charge < -0.3 is 13.7 Å². The van der Waals surface area contributed by atoms with Gasteiger partial charge in [-0.2, -0.15) is 0 Å². The molecule has 10 aromatic carbocycles. The molecule has 3 heterocycles. The van der Waals surface area contributed by atoms with Crippen molar-refractivity contribution in [2.24, 2.45) is 0 Å². The lowest BCUT2D eigenvalue weighted by molar-refractivity contribution is 0.795. The van der Waals surface area contributed by atoms with E-state index in [0.29, 0.717) is 0 Å². The van der Waals surface area contributed by atoms with Crippen LogP contribution in [0.15, 0.2) is 224 Å². The first-order valence-electron chi connectivity index (χ1n) is 22.3. The zero-order valence-electron chi connectivity index (χ0n) is 34.7. The first kappa shape index (κ1) is 34.2. The average molecular weight is 812 g/mol. The van der Waals surface area contributed by atoms with E-state index in [1.807, 2.05) is 0 Å². The van der Waals surface area contributed by atoms with Gasteiger partial charge in [0.1, 0.15) is 0 Å². The van der Waals surface area contributed by atoms with E-state index in [2.05, 4.69) is 238 Å². The SMILES string of the molecule is c1ccc(-n2c3ccccc3c3cc(-n4c5ccccc5c5cc6c(cc54)C4(c5ccccc5-c5cc7c8ccccc8n(-c8ccccc8)c7cc54)c4ccccc4-6)ccc32)cc1. The van der Waals surface area contributed by atoms with Crippen molar-refractivity contribution in [1.29, 1.82) is 0 Å². The minimum atomic E-state index is -0.535. The van der Waals surface area contributed by atoms with Gasteiger partial charge in [-0.05, 0) is 129 Å². The molecule has 2 aliphatic carbocycles. The summed E-state index contributed by atoms with van der Waals surface area (Å²) in [7, 11) is 0. The summed E-state index contributed by atoms with van der Waals surface area (Å²) in [4.78, 5) is 0. The van der Waals surface area contributed by atoms with Crippen LogP contribution in [-0.2, 0) is 5.41 Å². The fourth-order valence-electron chi connectivity index (χ4n) is 12.1. The van der Waals surface area contributed by atoms with E-state index in [9.17, 15) is 0 Å². The summed E-state index contributed by atoms with van der Waals surface area (Å²) in [6.07, 6.45) is 0. The molecule has 0 amide bonds. The van der Waals surface area contributed by atoms with Crippen LogP contribution in [0, 0.1) is 0 Å². The van der Waals surface area contributed by atoms with Crippen LogP contribution in [-0.4, -0.2) is 13.7 Å². The predicted molar refractivity (Wildman–Crippen MR) is 266 cm³/mol. The van der Waals surface area contributed by atoms with E-state index in [0.717, 1.165) is 11.4 Å². The minimum Gasteiger partial charge on any atom is -0.309 e. The Morgan fingerprint density at radius 2 is 0.594 bits per heavy atom. The maximum absolute atomic E-state index is 2.56. The summed E-state index contributed by atoms with van der Waals surface area (Å²) in [5, 5.41) is 7.55. The smallest absolute Gasteiger partial charge is 0.0727 e. The molecular formula is C61H37N3. The molecule has 0 saturated heterocycles. The second-order valence-electron chi connectivity index (χ2n) is 17.6. The number of hydrogen-bond donors (Lipinski definition) is 0. The van der Waals surface area contributed by atoms with Gasteiger partial charge in [0.05, 0.1) is 38.5 Å². The lowest BCUT2D eigenvalue weighted by Crippen LogP contribution is -2.26. The Balaban J connectivity index is 1.06. The number of para-hydroxylation sites is 5. The summed E-state index contributed by atoms with van der Waals surface area (Å²) in [6, 6.07) is 83.8. The number of fused-ring (bicyclic) bond motifs is 19. The molecule has 1 unspecified atom stereocenters. The molecule has 0 aliphatic heterocycles. The van der Waals surface area contributed by atoms with E-state index in [4.69, 9.17) is 0 Å². The highest BCUT2D eigenvalue weighted by Gasteiger charge is 2.52. The van der Waals surface area contributed by atoms with E-state index in [-0.39, 0.29) is 0 Å². The van der Waals surface area contributed by atoms with Gasteiger partial charge in [-0.3, -0.25) is 0 Å². The Kier molecular flexibility index (Phi) is 6.61. The predicted octanol–water partition coefficient (Wildman–Crippen LogP) is 15.3. The molecule has 0 radical (unpaired) electrons. The third-order valence-corrected chi connectivity index (χ3v) is 14.6. The van der Waals surface area contributed by atoms with Gasteiger partial charge in [0.25, 0.3) is 0 Å². The quantitative estimate of drug-likeness (QED) is 0.169. The lowest BCUT2D eigenvalue weighted by Gasteiger charge is -2.30. The van der Waals surface area contributed by atoms with Gasteiger partial charge in [0, 0.05) is 49.4 Å². The van der Waals surface area contributed by atoms with Gasteiger partial charge in [-0.1, -0.05) is 140 Å². The Bertz CT molecular complexity index is 4110. The second-order valence-corrected chi connectivity index (χ2v) is 17.6. The zero-order chi connectivity index (χ0) is 41.7. The van der Waals surface area contributed by atoms with Crippen LogP contribution in [0.5, 0.6) is 0 Å². The largest absolute Gasteiger partial charge is 0.309 e. The number of aromatic nitrogens is 3. The van der Waals surface area contributed by atoms with Crippen molar-refractivity contribution in [2.45, 2.75) is 5.41 Å². The van der Waals surface area contributed by atoms with Gasteiger partial charge in [-0.15, -0.1) is 0 Å². The molecule has 3 aromatic heterocycles. The Morgan fingerprint density at radius 3 is 1.09 bits per heavy atom. The molecule has 3 heteroatoms. The van der Waals surface area contributed by atoms with Crippen LogP contribution in [0.2, 0.25) is 0 Å². The van der Waals surface area contributed by atoms with Crippen LogP contribution < -0.4 is 0 Å². The van der Waals surface area contributed by atoms with Crippen LogP contribution in [0.25, 0.3) is 105 Å². The van der Waals surface area contributed by atoms with Gasteiger partial charge in [0.2, 0.25) is 0 Å². The highest BCUT2D eigenvalue weighted by Crippen LogP contribution is 2.64. The second kappa shape index (κ2) is 12.4. The molecule has 3 nitrogen and oxygen atoms in total. The fraction of sp³-hybridized carbons (Fsp3) is 0.0164. The standard InChI is InChI=1S/C61H37N3/c1-3-17-38(18-4-1)62-55-28-14-9-23-43(55)48-33-40(31-32-58(48)62)64-57-30-16-11-25-45(57)50-35-47-42-22-8-13-27-52(42)61(54(47)37-60(50)64)51-26-12-7-21-41(51)46-34-49-44-24-10-15-29-56(44)63(59(49)36-53(46)61)39-19-5-2-6-20-39/h1-37H. The summed E-state index contributed by atoms with van der Waals surface area (Å²) >= 11 is 0. The number of rotatable bonds is 3. The number of benzene rings is 10. The topological polar surface area (TPSA) is 14.8 Å². The molecule has 0 saturated carbocycles. The molecular weight excluding hydrogens is 775 g/mol. The molecule has 15 rings (SSSR count). The van der Waals surface area contributed by atoms with Crippen molar-refractivity contribution in [3.05, 3.63) is 247 Å². The molecule has 64 heavy (non-hydrogen) atoms. The van der Waals surface area contributed by atoms with Gasteiger partial charge >= 0.3 is 0 Å². The molecule has 0 N–H and O–H groups in total. The van der Waals surface area contributed by atoms with Gasteiger partial charge in [0.15, 0.2) is 0 Å². The van der Waals surface area contributed by atoms with Crippen molar-refractivity contribution in [1.82, 2.24) is 13.7 Å². The zero-order valence-corrected chi connectivity index (χ0v) is 34.7.